The van der Waals surface area contributed by atoms with Crippen molar-refractivity contribution in [2.45, 2.75) is 6.92 Å². The predicted molar refractivity (Wildman–Crippen MR) is 54.3 cm³/mol. The quantitative estimate of drug-likeness (QED) is 0.650. The zero-order valence-corrected chi connectivity index (χ0v) is 8.17. The standard InChI is InChI=1S/C12H9F2N/c1-8-4-2-3-5-10(8)9-6-11(13)15-12(14)7-9/h2-7H,1H3. The average molecular weight is 205 g/mol. The lowest BCUT2D eigenvalue weighted by Gasteiger charge is -2.05. The molecule has 0 fully saturated rings. The van der Waals surface area contributed by atoms with E-state index in [1.54, 1.807) is 0 Å². The molecule has 0 aliphatic carbocycles. The number of halogens is 2. The molecular weight excluding hydrogens is 196 g/mol. The van der Waals surface area contributed by atoms with Gasteiger partial charge in [0.05, 0.1) is 0 Å². The van der Waals surface area contributed by atoms with Gasteiger partial charge < -0.3 is 0 Å². The van der Waals surface area contributed by atoms with Crippen LogP contribution >= 0.6 is 0 Å². The maximum Gasteiger partial charge on any atom is 0.216 e. The fourth-order valence-electron chi connectivity index (χ4n) is 1.52. The molecule has 0 bridgehead atoms. The number of aryl methyl sites for hydroxylation is 1. The summed E-state index contributed by atoms with van der Waals surface area (Å²) in [6.07, 6.45) is 0. The Morgan fingerprint density at radius 1 is 1.00 bits per heavy atom. The Bertz CT molecular complexity index is 474. The van der Waals surface area contributed by atoms with E-state index >= 15 is 0 Å². The van der Waals surface area contributed by atoms with Crippen molar-refractivity contribution in [2.75, 3.05) is 0 Å². The Morgan fingerprint density at radius 3 is 2.20 bits per heavy atom. The number of nitrogens with zero attached hydrogens (tertiary/aromatic N) is 1. The third kappa shape index (κ3) is 2.01. The number of aromatic nitrogens is 1. The van der Waals surface area contributed by atoms with Crippen LogP contribution in [0.25, 0.3) is 11.1 Å². The van der Waals surface area contributed by atoms with Gasteiger partial charge in [0.2, 0.25) is 11.9 Å². The van der Waals surface area contributed by atoms with Gasteiger partial charge in [-0.25, -0.2) is 0 Å². The first-order valence-electron chi connectivity index (χ1n) is 4.56. The molecule has 1 aromatic carbocycles. The first-order valence-corrected chi connectivity index (χ1v) is 4.56. The molecule has 1 aromatic heterocycles. The Morgan fingerprint density at radius 2 is 1.60 bits per heavy atom. The second kappa shape index (κ2) is 3.77. The molecule has 3 heteroatoms. The second-order valence-electron chi connectivity index (χ2n) is 3.32. The van der Waals surface area contributed by atoms with Gasteiger partial charge >= 0.3 is 0 Å². The minimum absolute atomic E-state index is 0.512. The fourth-order valence-corrected chi connectivity index (χ4v) is 1.52. The highest BCUT2D eigenvalue weighted by Gasteiger charge is 2.05. The van der Waals surface area contributed by atoms with Crippen molar-refractivity contribution in [3.63, 3.8) is 0 Å². The lowest BCUT2D eigenvalue weighted by Crippen LogP contribution is -1.91. The van der Waals surface area contributed by atoms with Crippen molar-refractivity contribution in [3.05, 3.63) is 53.9 Å². The summed E-state index contributed by atoms with van der Waals surface area (Å²) in [5.74, 6) is -1.60. The molecule has 15 heavy (non-hydrogen) atoms. The first-order chi connectivity index (χ1) is 7.16. The van der Waals surface area contributed by atoms with E-state index in [1.165, 1.54) is 12.1 Å². The van der Waals surface area contributed by atoms with Gasteiger partial charge in [-0.2, -0.15) is 13.8 Å². The van der Waals surface area contributed by atoms with Gasteiger partial charge in [-0.3, -0.25) is 0 Å². The number of rotatable bonds is 1. The molecule has 0 amide bonds. The summed E-state index contributed by atoms with van der Waals surface area (Å²) in [5, 5.41) is 0. The molecule has 0 spiro atoms. The molecule has 2 rings (SSSR count). The van der Waals surface area contributed by atoms with E-state index in [0.29, 0.717) is 5.56 Å². The minimum atomic E-state index is -0.798. The molecule has 0 radical (unpaired) electrons. The fraction of sp³-hybridized carbons (Fsp3) is 0.0833. The molecule has 1 heterocycles. The number of benzene rings is 1. The molecule has 76 valence electrons. The van der Waals surface area contributed by atoms with E-state index in [-0.39, 0.29) is 0 Å². The normalized spacial score (nSPS) is 10.3. The number of hydrogen-bond acceptors (Lipinski definition) is 1. The Hall–Kier alpha value is -1.77. The van der Waals surface area contributed by atoms with E-state index in [9.17, 15) is 8.78 Å². The van der Waals surface area contributed by atoms with E-state index in [4.69, 9.17) is 0 Å². The van der Waals surface area contributed by atoms with Crippen molar-refractivity contribution < 1.29 is 8.78 Å². The minimum Gasteiger partial charge on any atom is -0.191 e. The summed E-state index contributed by atoms with van der Waals surface area (Å²) in [6, 6.07) is 9.89. The molecule has 0 saturated carbocycles. The lowest BCUT2D eigenvalue weighted by molar-refractivity contribution is 0.513. The van der Waals surface area contributed by atoms with Crippen molar-refractivity contribution in [1.82, 2.24) is 4.98 Å². The molecule has 2 aromatic rings. The Kier molecular flexibility index (Phi) is 2.46. The average Bonchev–Trinajstić information content (AvgIpc) is 2.16. The van der Waals surface area contributed by atoms with Gasteiger partial charge in [0.1, 0.15) is 0 Å². The van der Waals surface area contributed by atoms with Gasteiger partial charge in [0.25, 0.3) is 0 Å². The molecule has 0 unspecified atom stereocenters. The first kappa shape index (κ1) is 9.77. The van der Waals surface area contributed by atoms with E-state index < -0.39 is 11.9 Å². The summed E-state index contributed by atoms with van der Waals surface area (Å²) < 4.78 is 25.8. The van der Waals surface area contributed by atoms with Crippen LogP contribution in [0.15, 0.2) is 36.4 Å². The van der Waals surface area contributed by atoms with Gasteiger partial charge in [0, 0.05) is 12.1 Å². The van der Waals surface area contributed by atoms with Crippen LogP contribution < -0.4 is 0 Å². The summed E-state index contributed by atoms with van der Waals surface area (Å²) in [6.45, 7) is 1.89. The van der Waals surface area contributed by atoms with Gasteiger partial charge in [-0.15, -0.1) is 0 Å². The highest BCUT2D eigenvalue weighted by Crippen LogP contribution is 2.23. The molecular formula is C12H9F2N. The van der Waals surface area contributed by atoms with Gasteiger partial charge in [0.15, 0.2) is 0 Å². The summed E-state index contributed by atoms with van der Waals surface area (Å²) in [7, 11) is 0. The van der Waals surface area contributed by atoms with E-state index in [2.05, 4.69) is 4.98 Å². The second-order valence-corrected chi connectivity index (χ2v) is 3.32. The predicted octanol–water partition coefficient (Wildman–Crippen LogP) is 3.34. The Balaban J connectivity index is 2.59. The van der Waals surface area contributed by atoms with Crippen LogP contribution in [-0.4, -0.2) is 4.98 Å². The van der Waals surface area contributed by atoms with Crippen LogP contribution in [0.2, 0.25) is 0 Å². The maximum absolute atomic E-state index is 12.9. The number of pyridine rings is 1. The Labute approximate surface area is 86.4 Å². The molecule has 0 aliphatic heterocycles. The topological polar surface area (TPSA) is 12.9 Å². The smallest absolute Gasteiger partial charge is 0.191 e. The molecule has 0 aliphatic rings. The van der Waals surface area contributed by atoms with Crippen LogP contribution in [0.3, 0.4) is 0 Å². The monoisotopic (exact) mass is 205 g/mol. The number of hydrogen-bond donors (Lipinski definition) is 0. The molecule has 0 N–H and O–H groups in total. The lowest BCUT2D eigenvalue weighted by atomic mass is 10.0. The molecule has 1 nitrogen and oxygen atoms in total. The van der Waals surface area contributed by atoms with Crippen molar-refractivity contribution in [1.29, 1.82) is 0 Å². The maximum atomic E-state index is 12.9. The van der Waals surface area contributed by atoms with Crippen LogP contribution in [0, 0.1) is 18.8 Å². The van der Waals surface area contributed by atoms with Crippen molar-refractivity contribution in [2.24, 2.45) is 0 Å². The summed E-state index contributed by atoms with van der Waals surface area (Å²) in [4.78, 5) is 3.06. The highest BCUT2D eigenvalue weighted by molar-refractivity contribution is 5.66. The third-order valence-corrected chi connectivity index (χ3v) is 2.22. The molecule has 0 saturated heterocycles. The van der Waals surface area contributed by atoms with Gasteiger partial charge in [-0.1, -0.05) is 24.3 Å². The summed E-state index contributed by atoms with van der Waals surface area (Å²) in [5.41, 5.74) is 2.30. The van der Waals surface area contributed by atoms with Crippen LogP contribution in [-0.2, 0) is 0 Å². The summed E-state index contributed by atoms with van der Waals surface area (Å²) >= 11 is 0. The van der Waals surface area contributed by atoms with Gasteiger partial charge in [-0.05, 0) is 23.6 Å². The van der Waals surface area contributed by atoms with Crippen LogP contribution in [0.1, 0.15) is 5.56 Å². The zero-order chi connectivity index (χ0) is 10.8. The third-order valence-electron chi connectivity index (χ3n) is 2.22. The largest absolute Gasteiger partial charge is 0.216 e. The van der Waals surface area contributed by atoms with Crippen molar-refractivity contribution >= 4 is 0 Å². The van der Waals surface area contributed by atoms with Crippen molar-refractivity contribution in [3.8, 4) is 11.1 Å². The van der Waals surface area contributed by atoms with Crippen LogP contribution in [0.5, 0.6) is 0 Å². The molecule has 0 atom stereocenters. The van der Waals surface area contributed by atoms with E-state index in [0.717, 1.165) is 11.1 Å². The highest BCUT2D eigenvalue weighted by atomic mass is 19.1. The SMILES string of the molecule is Cc1ccccc1-c1cc(F)nc(F)c1. The van der Waals surface area contributed by atoms with Crippen LogP contribution in [0.4, 0.5) is 8.78 Å². The zero-order valence-electron chi connectivity index (χ0n) is 8.17. The van der Waals surface area contributed by atoms with E-state index in [1.807, 2.05) is 31.2 Å².